The van der Waals surface area contributed by atoms with E-state index in [-0.39, 0.29) is 19.3 Å². The molecule has 1 saturated carbocycles. The minimum absolute atomic E-state index is 0. The van der Waals surface area contributed by atoms with Crippen molar-refractivity contribution in [3.05, 3.63) is 12.2 Å². The Labute approximate surface area is 78.9 Å². The van der Waals surface area contributed by atoms with Crippen molar-refractivity contribution in [1.29, 1.82) is 0 Å². The van der Waals surface area contributed by atoms with Crippen LogP contribution in [-0.2, 0) is 9.59 Å². The Balaban J connectivity index is 0.000000980. The first kappa shape index (κ1) is 8.48. The van der Waals surface area contributed by atoms with Gasteiger partial charge in [0, 0.05) is 19.6 Å². The van der Waals surface area contributed by atoms with Crippen molar-refractivity contribution >= 4 is 11.8 Å². The first-order valence-electron chi connectivity index (χ1n) is 4.84. The van der Waals surface area contributed by atoms with Gasteiger partial charge < -0.3 is 0 Å². The molecule has 2 aliphatic rings. The number of amides is 2. The molecule has 0 N–H and O–H groups in total. The smallest absolute Gasteiger partial charge is 0.253 e. The molecule has 3 heteroatoms. The van der Waals surface area contributed by atoms with Crippen molar-refractivity contribution in [3.63, 3.8) is 0 Å². The number of imide groups is 1. The molecule has 0 unspecified atom stereocenters. The van der Waals surface area contributed by atoms with Gasteiger partial charge in [-0.2, -0.15) is 0 Å². The average Bonchev–Trinajstić information content (AvgIpc) is 2.48. The summed E-state index contributed by atoms with van der Waals surface area (Å²) in [4.78, 5) is 24.0. The van der Waals surface area contributed by atoms with Gasteiger partial charge in [-0.25, -0.2) is 0 Å². The lowest BCUT2D eigenvalue weighted by atomic mass is 9.94. The molecule has 2 rings (SSSR count). The van der Waals surface area contributed by atoms with Crippen molar-refractivity contribution in [2.45, 2.75) is 38.1 Å². The SMILES string of the molecule is O=C1C=CC(=O)N1C1CCCCC1.[HH]. The van der Waals surface area contributed by atoms with Gasteiger partial charge in [0.2, 0.25) is 0 Å². The third kappa shape index (κ3) is 1.50. The molecule has 1 aliphatic heterocycles. The molecule has 0 saturated heterocycles. The number of carbonyl (C=O) groups is 2. The standard InChI is InChI=1S/C10H13NO2.H2/c12-9-6-7-10(13)11(9)8-4-2-1-3-5-8;/h6-8H,1-5H2;1H. The molecule has 0 radical (unpaired) electrons. The van der Waals surface area contributed by atoms with E-state index in [1.165, 1.54) is 23.5 Å². The number of rotatable bonds is 1. The average molecular weight is 181 g/mol. The first-order valence-corrected chi connectivity index (χ1v) is 4.84. The van der Waals surface area contributed by atoms with E-state index >= 15 is 0 Å². The molecule has 0 aromatic rings. The van der Waals surface area contributed by atoms with Crippen molar-refractivity contribution in [1.82, 2.24) is 4.90 Å². The summed E-state index contributed by atoms with van der Waals surface area (Å²) >= 11 is 0. The number of nitrogens with zero attached hydrogens (tertiary/aromatic N) is 1. The zero-order chi connectivity index (χ0) is 9.26. The number of carbonyl (C=O) groups excluding carboxylic acids is 2. The van der Waals surface area contributed by atoms with Gasteiger partial charge in [0.25, 0.3) is 11.8 Å². The van der Waals surface area contributed by atoms with Crippen LogP contribution < -0.4 is 0 Å². The fourth-order valence-corrected chi connectivity index (χ4v) is 2.11. The van der Waals surface area contributed by atoms with Gasteiger partial charge in [-0.3, -0.25) is 14.5 Å². The van der Waals surface area contributed by atoms with Crippen molar-refractivity contribution in [2.75, 3.05) is 0 Å². The van der Waals surface area contributed by atoms with Gasteiger partial charge in [0.15, 0.2) is 0 Å². The van der Waals surface area contributed by atoms with E-state index in [2.05, 4.69) is 0 Å². The minimum atomic E-state index is -0.128. The molecule has 13 heavy (non-hydrogen) atoms. The summed E-state index contributed by atoms with van der Waals surface area (Å²) in [5.74, 6) is -0.256. The predicted molar refractivity (Wildman–Crippen MR) is 50.0 cm³/mol. The summed E-state index contributed by atoms with van der Waals surface area (Å²) in [6, 6.07) is 0.170. The van der Waals surface area contributed by atoms with E-state index in [4.69, 9.17) is 0 Å². The lowest BCUT2D eigenvalue weighted by Crippen LogP contribution is -2.41. The molecule has 0 atom stereocenters. The second kappa shape index (κ2) is 3.32. The molecule has 1 heterocycles. The summed E-state index contributed by atoms with van der Waals surface area (Å²) in [5, 5.41) is 0. The van der Waals surface area contributed by atoms with Crippen LogP contribution in [0.2, 0.25) is 0 Å². The maximum atomic E-state index is 11.3. The van der Waals surface area contributed by atoms with Gasteiger partial charge in [0.05, 0.1) is 0 Å². The van der Waals surface area contributed by atoms with Crippen LogP contribution in [0.5, 0.6) is 0 Å². The van der Waals surface area contributed by atoms with Crippen molar-refractivity contribution in [2.24, 2.45) is 0 Å². The van der Waals surface area contributed by atoms with Crippen molar-refractivity contribution in [3.8, 4) is 0 Å². The molecule has 72 valence electrons. The van der Waals surface area contributed by atoms with Gasteiger partial charge in [-0.15, -0.1) is 0 Å². The lowest BCUT2D eigenvalue weighted by Gasteiger charge is -2.29. The Hall–Kier alpha value is -1.12. The highest BCUT2D eigenvalue weighted by Crippen LogP contribution is 2.24. The summed E-state index contributed by atoms with van der Waals surface area (Å²) < 4.78 is 0. The second-order valence-electron chi connectivity index (χ2n) is 3.67. The molecule has 0 spiro atoms. The molecular formula is C10H15NO2. The first-order chi connectivity index (χ1) is 6.29. The summed E-state index contributed by atoms with van der Waals surface area (Å²) in [7, 11) is 0. The van der Waals surface area contributed by atoms with Crippen molar-refractivity contribution < 1.29 is 11.0 Å². The second-order valence-corrected chi connectivity index (χ2v) is 3.67. The fourth-order valence-electron chi connectivity index (χ4n) is 2.11. The number of hydrogen-bond donors (Lipinski definition) is 0. The minimum Gasteiger partial charge on any atom is -0.272 e. The molecule has 1 fully saturated rings. The fraction of sp³-hybridized carbons (Fsp3) is 0.600. The summed E-state index contributed by atoms with van der Waals surface area (Å²) in [6.07, 6.45) is 8.23. The van der Waals surface area contributed by atoms with Crippen LogP contribution in [0.3, 0.4) is 0 Å². The maximum Gasteiger partial charge on any atom is 0.253 e. The molecule has 2 amide bonds. The van der Waals surface area contributed by atoms with Gasteiger partial charge in [-0.05, 0) is 12.8 Å². The Morgan fingerprint density at radius 2 is 1.62 bits per heavy atom. The molecule has 3 nitrogen and oxygen atoms in total. The van der Waals surface area contributed by atoms with Crippen LogP contribution in [0.15, 0.2) is 12.2 Å². The molecule has 0 aromatic heterocycles. The highest BCUT2D eigenvalue weighted by molar-refractivity contribution is 6.13. The highest BCUT2D eigenvalue weighted by atomic mass is 16.2. The topological polar surface area (TPSA) is 37.4 Å². The third-order valence-corrected chi connectivity index (χ3v) is 2.78. The summed E-state index contributed by atoms with van der Waals surface area (Å²) in [5.41, 5.74) is 0. The van der Waals surface area contributed by atoms with Gasteiger partial charge >= 0.3 is 0 Å². The molecule has 0 bridgehead atoms. The predicted octanol–water partition coefficient (Wildman–Crippen LogP) is 1.49. The quantitative estimate of drug-likeness (QED) is 0.575. The van der Waals surface area contributed by atoms with Crippen LogP contribution in [0.25, 0.3) is 0 Å². The van der Waals surface area contributed by atoms with Gasteiger partial charge in [-0.1, -0.05) is 19.3 Å². The highest BCUT2D eigenvalue weighted by Gasteiger charge is 2.31. The third-order valence-electron chi connectivity index (χ3n) is 2.78. The largest absolute Gasteiger partial charge is 0.272 e. The maximum absolute atomic E-state index is 11.3. The van der Waals surface area contributed by atoms with Crippen LogP contribution in [-0.4, -0.2) is 22.8 Å². The Morgan fingerprint density at radius 3 is 2.15 bits per heavy atom. The van der Waals surface area contributed by atoms with E-state index in [1.54, 1.807) is 0 Å². The molecule has 1 aliphatic carbocycles. The van der Waals surface area contributed by atoms with E-state index < -0.39 is 0 Å². The van der Waals surface area contributed by atoms with Crippen LogP contribution in [0.1, 0.15) is 33.5 Å². The summed E-state index contributed by atoms with van der Waals surface area (Å²) in [6.45, 7) is 0. The van der Waals surface area contributed by atoms with E-state index in [1.807, 2.05) is 0 Å². The Bertz CT molecular complexity index is 251. The van der Waals surface area contributed by atoms with Crippen LogP contribution >= 0.6 is 0 Å². The Kier molecular flexibility index (Phi) is 2.17. The molecule has 0 aromatic carbocycles. The number of hydrogen-bond acceptors (Lipinski definition) is 2. The Morgan fingerprint density at radius 1 is 1.08 bits per heavy atom. The van der Waals surface area contributed by atoms with E-state index in [0.717, 1.165) is 25.7 Å². The van der Waals surface area contributed by atoms with E-state index in [0.29, 0.717) is 0 Å². The normalized spacial score (nSPS) is 24.5. The zero-order valence-corrected chi connectivity index (χ0v) is 7.53. The van der Waals surface area contributed by atoms with Crippen LogP contribution in [0, 0.1) is 0 Å². The van der Waals surface area contributed by atoms with Crippen LogP contribution in [0.4, 0.5) is 0 Å². The zero-order valence-electron chi connectivity index (χ0n) is 7.53. The van der Waals surface area contributed by atoms with E-state index in [9.17, 15) is 9.59 Å². The molecular weight excluding hydrogens is 166 g/mol. The lowest BCUT2D eigenvalue weighted by molar-refractivity contribution is -0.140. The monoisotopic (exact) mass is 181 g/mol. The van der Waals surface area contributed by atoms with Gasteiger partial charge in [0.1, 0.15) is 0 Å².